The molecule has 1 heterocycles. The molecule has 1 amide bonds. The van der Waals surface area contributed by atoms with E-state index in [9.17, 15) is 22.8 Å². The second kappa shape index (κ2) is 9.93. The standard InChI is InChI=1S/C23H24F3NO5/c1-30-19-10-9-15(14-20(19)31-2)11-13-32-22(29)18-8-5-12-27(18)21(28)16-6-3-4-7-17(16)23(24,25)26/h3-4,6-7,9-10,14,18H,5,8,11-13H2,1-2H3/t18-/m0/s1. The number of amides is 1. The maximum atomic E-state index is 13.3. The minimum absolute atomic E-state index is 0.0615. The highest BCUT2D eigenvalue weighted by atomic mass is 19.4. The summed E-state index contributed by atoms with van der Waals surface area (Å²) in [7, 11) is 3.05. The van der Waals surface area contributed by atoms with Crippen LogP contribution in [0.2, 0.25) is 0 Å². The van der Waals surface area contributed by atoms with E-state index in [0.717, 1.165) is 17.7 Å². The molecule has 6 nitrogen and oxygen atoms in total. The number of carbonyl (C=O) groups excluding carboxylic acids is 2. The van der Waals surface area contributed by atoms with Gasteiger partial charge in [0.15, 0.2) is 11.5 Å². The van der Waals surface area contributed by atoms with Crippen LogP contribution >= 0.6 is 0 Å². The number of alkyl halides is 3. The molecule has 9 heteroatoms. The number of ether oxygens (including phenoxy) is 3. The van der Waals surface area contributed by atoms with Gasteiger partial charge in [0.05, 0.1) is 32.0 Å². The fraction of sp³-hybridized carbons (Fsp3) is 0.391. The van der Waals surface area contributed by atoms with Crippen LogP contribution in [0.25, 0.3) is 0 Å². The quantitative estimate of drug-likeness (QED) is 0.593. The van der Waals surface area contributed by atoms with Crippen molar-refractivity contribution in [2.75, 3.05) is 27.4 Å². The lowest BCUT2D eigenvalue weighted by Crippen LogP contribution is -2.42. The van der Waals surface area contributed by atoms with E-state index in [0.29, 0.717) is 30.8 Å². The number of methoxy groups -OCH3 is 2. The number of rotatable bonds is 7. The van der Waals surface area contributed by atoms with E-state index in [1.54, 1.807) is 12.1 Å². The molecule has 1 atom stereocenters. The lowest BCUT2D eigenvalue weighted by atomic mass is 10.1. The van der Waals surface area contributed by atoms with E-state index in [1.807, 2.05) is 6.07 Å². The van der Waals surface area contributed by atoms with Crippen LogP contribution in [-0.4, -0.2) is 50.2 Å². The largest absolute Gasteiger partial charge is 0.493 e. The average Bonchev–Trinajstić information content (AvgIpc) is 3.28. The Kier molecular flexibility index (Phi) is 7.27. The van der Waals surface area contributed by atoms with Crippen LogP contribution in [0.15, 0.2) is 42.5 Å². The van der Waals surface area contributed by atoms with Gasteiger partial charge in [0.25, 0.3) is 5.91 Å². The first kappa shape index (κ1) is 23.4. The second-order valence-electron chi connectivity index (χ2n) is 7.31. The summed E-state index contributed by atoms with van der Waals surface area (Å²) >= 11 is 0. The van der Waals surface area contributed by atoms with Crippen LogP contribution in [0.1, 0.15) is 34.3 Å². The molecule has 0 aliphatic carbocycles. The maximum Gasteiger partial charge on any atom is 0.417 e. The molecule has 2 aromatic rings. The van der Waals surface area contributed by atoms with Crippen LogP contribution in [0.4, 0.5) is 13.2 Å². The normalized spacial score (nSPS) is 16.0. The minimum atomic E-state index is -4.67. The van der Waals surface area contributed by atoms with Crippen molar-refractivity contribution in [1.29, 1.82) is 0 Å². The zero-order valence-corrected chi connectivity index (χ0v) is 17.8. The van der Waals surface area contributed by atoms with Gasteiger partial charge in [-0.15, -0.1) is 0 Å². The Bertz CT molecular complexity index is 976. The van der Waals surface area contributed by atoms with E-state index in [4.69, 9.17) is 14.2 Å². The molecule has 1 aliphatic rings. The number of nitrogens with zero attached hydrogens (tertiary/aromatic N) is 1. The van der Waals surface area contributed by atoms with E-state index < -0.39 is 35.2 Å². The highest BCUT2D eigenvalue weighted by Gasteiger charge is 2.40. The van der Waals surface area contributed by atoms with Gasteiger partial charge < -0.3 is 19.1 Å². The Morgan fingerprint density at radius 2 is 1.78 bits per heavy atom. The van der Waals surface area contributed by atoms with Crippen LogP contribution in [0.5, 0.6) is 11.5 Å². The van der Waals surface area contributed by atoms with E-state index >= 15 is 0 Å². The summed E-state index contributed by atoms with van der Waals surface area (Å²) in [4.78, 5) is 26.6. The predicted octanol–water partition coefficient (Wildman–Crippen LogP) is 4.11. The molecule has 1 saturated heterocycles. The lowest BCUT2D eigenvalue weighted by Gasteiger charge is -2.24. The highest BCUT2D eigenvalue weighted by molar-refractivity contribution is 5.98. The molecule has 0 N–H and O–H groups in total. The third kappa shape index (κ3) is 5.15. The smallest absolute Gasteiger partial charge is 0.417 e. The van der Waals surface area contributed by atoms with Gasteiger partial charge >= 0.3 is 12.1 Å². The van der Waals surface area contributed by atoms with Crippen molar-refractivity contribution in [2.45, 2.75) is 31.5 Å². The molecular weight excluding hydrogens is 427 g/mol. The number of benzene rings is 2. The monoisotopic (exact) mass is 451 g/mol. The zero-order chi connectivity index (χ0) is 23.3. The Morgan fingerprint density at radius 3 is 2.47 bits per heavy atom. The Labute approximate surface area is 183 Å². The molecular formula is C23H24F3NO5. The fourth-order valence-corrected chi connectivity index (χ4v) is 3.73. The first-order valence-electron chi connectivity index (χ1n) is 10.1. The van der Waals surface area contributed by atoms with Gasteiger partial charge in [0.2, 0.25) is 0 Å². The van der Waals surface area contributed by atoms with Gasteiger partial charge in [-0.1, -0.05) is 18.2 Å². The van der Waals surface area contributed by atoms with Crippen molar-refractivity contribution in [3.05, 3.63) is 59.2 Å². The zero-order valence-electron chi connectivity index (χ0n) is 17.8. The summed E-state index contributed by atoms with van der Waals surface area (Å²) in [6.45, 7) is 0.256. The van der Waals surface area contributed by atoms with Gasteiger partial charge in [-0.2, -0.15) is 13.2 Å². The summed E-state index contributed by atoms with van der Waals surface area (Å²) in [5.41, 5.74) is -0.628. The Morgan fingerprint density at radius 1 is 1.06 bits per heavy atom. The minimum Gasteiger partial charge on any atom is -0.493 e. The van der Waals surface area contributed by atoms with Gasteiger partial charge in [0.1, 0.15) is 6.04 Å². The van der Waals surface area contributed by atoms with E-state index in [-0.39, 0.29) is 13.2 Å². The summed E-state index contributed by atoms with van der Waals surface area (Å²) < 4.78 is 55.7. The Balaban J connectivity index is 1.65. The van der Waals surface area contributed by atoms with Crippen molar-refractivity contribution in [3.63, 3.8) is 0 Å². The van der Waals surface area contributed by atoms with Crippen molar-refractivity contribution in [2.24, 2.45) is 0 Å². The highest BCUT2D eigenvalue weighted by Crippen LogP contribution is 2.33. The molecule has 1 aliphatic heterocycles. The lowest BCUT2D eigenvalue weighted by molar-refractivity contribution is -0.148. The summed E-state index contributed by atoms with van der Waals surface area (Å²) in [6.07, 6.45) is -3.41. The van der Waals surface area contributed by atoms with E-state index in [1.165, 1.54) is 31.3 Å². The van der Waals surface area contributed by atoms with Crippen LogP contribution in [-0.2, 0) is 22.1 Å². The van der Waals surface area contributed by atoms with Gasteiger partial charge in [-0.05, 0) is 42.7 Å². The molecule has 2 aromatic carbocycles. The van der Waals surface area contributed by atoms with Gasteiger partial charge in [-0.25, -0.2) is 4.79 Å². The maximum absolute atomic E-state index is 13.3. The van der Waals surface area contributed by atoms with Crippen molar-refractivity contribution < 1.29 is 37.0 Å². The summed E-state index contributed by atoms with van der Waals surface area (Å²) in [6, 6.07) is 9.00. The number of likely N-dealkylation sites (tertiary alicyclic amines) is 1. The van der Waals surface area contributed by atoms with Crippen molar-refractivity contribution in [1.82, 2.24) is 4.90 Å². The van der Waals surface area contributed by atoms with Gasteiger partial charge in [0, 0.05) is 13.0 Å². The number of esters is 1. The third-order valence-electron chi connectivity index (χ3n) is 5.33. The summed E-state index contributed by atoms with van der Waals surface area (Å²) in [5, 5.41) is 0. The SMILES string of the molecule is COc1ccc(CCOC(=O)[C@@H]2CCCN2C(=O)c2ccccc2C(F)(F)F)cc1OC. The number of carbonyl (C=O) groups is 2. The average molecular weight is 451 g/mol. The molecule has 172 valence electrons. The molecule has 0 bridgehead atoms. The van der Waals surface area contributed by atoms with Crippen LogP contribution in [0, 0.1) is 0 Å². The molecule has 3 rings (SSSR count). The molecule has 0 unspecified atom stereocenters. The predicted molar refractivity (Wildman–Crippen MR) is 110 cm³/mol. The molecule has 0 saturated carbocycles. The topological polar surface area (TPSA) is 65.1 Å². The molecule has 32 heavy (non-hydrogen) atoms. The number of hydrogen-bond donors (Lipinski definition) is 0. The third-order valence-corrected chi connectivity index (χ3v) is 5.33. The first-order valence-corrected chi connectivity index (χ1v) is 10.1. The number of halogens is 3. The number of hydrogen-bond acceptors (Lipinski definition) is 5. The van der Waals surface area contributed by atoms with Gasteiger partial charge in [-0.3, -0.25) is 4.79 Å². The van der Waals surface area contributed by atoms with Crippen LogP contribution < -0.4 is 9.47 Å². The Hall–Kier alpha value is -3.23. The van der Waals surface area contributed by atoms with Crippen molar-refractivity contribution >= 4 is 11.9 Å². The van der Waals surface area contributed by atoms with E-state index in [2.05, 4.69) is 0 Å². The van der Waals surface area contributed by atoms with Crippen molar-refractivity contribution in [3.8, 4) is 11.5 Å². The summed E-state index contributed by atoms with van der Waals surface area (Å²) in [5.74, 6) is -0.321. The van der Waals surface area contributed by atoms with Crippen LogP contribution in [0.3, 0.4) is 0 Å². The fourth-order valence-electron chi connectivity index (χ4n) is 3.73. The first-order chi connectivity index (χ1) is 15.3. The second-order valence-corrected chi connectivity index (χ2v) is 7.31. The molecule has 0 aromatic heterocycles. The molecule has 1 fully saturated rings. The molecule has 0 radical (unpaired) electrons. The molecule has 0 spiro atoms.